The van der Waals surface area contributed by atoms with Gasteiger partial charge in [0.2, 0.25) is 0 Å². The molecule has 70 valence electrons. The number of ether oxygens (including phenoxy) is 1. The second kappa shape index (κ2) is 4.45. The van der Waals surface area contributed by atoms with Crippen molar-refractivity contribution in [1.82, 2.24) is 0 Å². The van der Waals surface area contributed by atoms with Crippen LogP contribution >= 0.6 is 0 Å². The van der Waals surface area contributed by atoms with Crippen LogP contribution in [0.4, 0.5) is 0 Å². The summed E-state index contributed by atoms with van der Waals surface area (Å²) in [5, 5.41) is 8.78. The first-order chi connectivity index (χ1) is 5.74. The maximum atomic E-state index is 10.7. The van der Waals surface area contributed by atoms with Gasteiger partial charge in [0.05, 0.1) is 5.92 Å². The van der Waals surface area contributed by atoms with E-state index in [-0.39, 0.29) is 5.92 Å². The highest BCUT2D eigenvalue weighted by Gasteiger charge is 2.26. The van der Waals surface area contributed by atoms with Gasteiger partial charge in [-0.3, -0.25) is 4.79 Å². The predicted molar refractivity (Wildman–Crippen MR) is 45.0 cm³/mol. The van der Waals surface area contributed by atoms with Gasteiger partial charge >= 0.3 is 5.97 Å². The quantitative estimate of drug-likeness (QED) is 0.702. The number of carboxylic acid groups (broad SMARTS) is 1. The standard InChI is InChI=1S/C9H16O3/c1-12-6-7-3-2-4-8(5-7)9(10)11/h7-8H,2-6H2,1H3,(H,10,11)/t7-,8+/m0/s1. The highest BCUT2D eigenvalue weighted by Crippen LogP contribution is 2.29. The Morgan fingerprint density at radius 3 is 2.92 bits per heavy atom. The van der Waals surface area contributed by atoms with E-state index in [0.717, 1.165) is 25.7 Å². The van der Waals surface area contributed by atoms with Gasteiger partial charge in [-0.25, -0.2) is 0 Å². The lowest BCUT2D eigenvalue weighted by atomic mass is 9.82. The minimum Gasteiger partial charge on any atom is -0.481 e. The van der Waals surface area contributed by atoms with Gasteiger partial charge < -0.3 is 9.84 Å². The Hall–Kier alpha value is -0.570. The van der Waals surface area contributed by atoms with E-state index in [9.17, 15) is 4.79 Å². The molecule has 0 heterocycles. The number of methoxy groups -OCH3 is 1. The van der Waals surface area contributed by atoms with E-state index >= 15 is 0 Å². The fourth-order valence-electron chi connectivity index (χ4n) is 1.90. The minimum absolute atomic E-state index is 0.126. The third kappa shape index (κ3) is 2.48. The number of hydrogen-bond acceptors (Lipinski definition) is 2. The van der Waals surface area contributed by atoms with E-state index in [1.807, 2.05) is 0 Å². The number of carbonyl (C=O) groups is 1. The van der Waals surface area contributed by atoms with Gasteiger partial charge in [0.25, 0.3) is 0 Å². The topological polar surface area (TPSA) is 46.5 Å². The SMILES string of the molecule is COC[C@H]1CCC[C@@H](C(=O)O)C1. The molecule has 0 aliphatic heterocycles. The van der Waals surface area contributed by atoms with Gasteiger partial charge in [-0.15, -0.1) is 0 Å². The summed E-state index contributed by atoms with van der Waals surface area (Å²) in [6, 6.07) is 0. The molecule has 0 unspecified atom stereocenters. The van der Waals surface area contributed by atoms with Gasteiger partial charge in [0, 0.05) is 13.7 Å². The van der Waals surface area contributed by atoms with Crippen molar-refractivity contribution in [2.75, 3.05) is 13.7 Å². The van der Waals surface area contributed by atoms with Crippen LogP contribution in [-0.4, -0.2) is 24.8 Å². The lowest BCUT2D eigenvalue weighted by Crippen LogP contribution is -2.24. The first-order valence-electron chi connectivity index (χ1n) is 4.45. The molecule has 1 aliphatic rings. The third-order valence-corrected chi connectivity index (χ3v) is 2.53. The van der Waals surface area contributed by atoms with Crippen molar-refractivity contribution >= 4 is 5.97 Å². The fourth-order valence-corrected chi connectivity index (χ4v) is 1.90. The number of aliphatic carboxylic acids is 1. The van der Waals surface area contributed by atoms with Crippen LogP contribution in [0.5, 0.6) is 0 Å². The van der Waals surface area contributed by atoms with Crippen LogP contribution in [0.2, 0.25) is 0 Å². The molecule has 0 aromatic heterocycles. The molecule has 3 heteroatoms. The van der Waals surface area contributed by atoms with E-state index in [4.69, 9.17) is 9.84 Å². The maximum Gasteiger partial charge on any atom is 0.306 e. The van der Waals surface area contributed by atoms with E-state index in [0.29, 0.717) is 12.5 Å². The molecule has 0 radical (unpaired) electrons. The summed E-state index contributed by atoms with van der Waals surface area (Å²) in [6.07, 6.45) is 3.79. The second-order valence-electron chi connectivity index (χ2n) is 3.52. The lowest BCUT2D eigenvalue weighted by molar-refractivity contribution is -0.143. The third-order valence-electron chi connectivity index (χ3n) is 2.53. The molecular formula is C9H16O3. The predicted octanol–water partition coefficient (Wildman–Crippen LogP) is 1.52. The highest BCUT2D eigenvalue weighted by atomic mass is 16.5. The first kappa shape index (κ1) is 9.52. The molecule has 1 saturated carbocycles. The Morgan fingerprint density at radius 1 is 1.58 bits per heavy atom. The van der Waals surface area contributed by atoms with Crippen molar-refractivity contribution in [3.05, 3.63) is 0 Å². The van der Waals surface area contributed by atoms with Crippen LogP contribution in [0, 0.1) is 11.8 Å². The summed E-state index contributed by atoms with van der Waals surface area (Å²) in [4.78, 5) is 10.7. The summed E-state index contributed by atoms with van der Waals surface area (Å²) in [7, 11) is 1.67. The molecular weight excluding hydrogens is 156 g/mol. The van der Waals surface area contributed by atoms with Gasteiger partial charge in [0.1, 0.15) is 0 Å². The summed E-state index contributed by atoms with van der Waals surface area (Å²) >= 11 is 0. The number of hydrogen-bond donors (Lipinski definition) is 1. The molecule has 0 bridgehead atoms. The maximum absolute atomic E-state index is 10.7. The number of carboxylic acids is 1. The molecule has 0 saturated heterocycles. The van der Waals surface area contributed by atoms with Crippen LogP contribution in [-0.2, 0) is 9.53 Å². The van der Waals surface area contributed by atoms with Crippen molar-refractivity contribution in [3.63, 3.8) is 0 Å². The van der Waals surface area contributed by atoms with Crippen molar-refractivity contribution in [2.45, 2.75) is 25.7 Å². The summed E-state index contributed by atoms with van der Waals surface area (Å²) in [5.74, 6) is -0.306. The van der Waals surface area contributed by atoms with E-state index in [2.05, 4.69) is 0 Å². The van der Waals surface area contributed by atoms with Crippen molar-refractivity contribution in [1.29, 1.82) is 0 Å². The van der Waals surface area contributed by atoms with Crippen LogP contribution < -0.4 is 0 Å². The molecule has 1 aliphatic carbocycles. The Bertz CT molecular complexity index is 154. The molecule has 12 heavy (non-hydrogen) atoms. The average Bonchev–Trinajstić information content (AvgIpc) is 2.05. The van der Waals surface area contributed by atoms with Gasteiger partial charge in [0.15, 0.2) is 0 Å². The Kier molecular flexibility index (Phi) is 3.53. The smallest absolute Gasteiger partial charge is 0.306 e. The highest BCUT2D eigenvalue weighted by molar-refractivity contribution is 5.70. The van der Waals surface area contributed by atoms with Crippen molar-refractivity contribution in [3.8, 4) is 0 Å². The van der Waals surface area contributed by atoms with E-state index in [1.165, 1.54) is 0 Å². The fraction of sp³-hybridized carbons (Fsp3) is 0.889. The summed E-state index contributed by atoms with van der Waals surface area (Å²) in [5.41, 5.74) is 0. The number of rotatable bonds is 3. The molecule has 0 spiro atoms. The largest absolute Gasteiger partial charge is 0.481 e. The van der Waals surface area contributed by atoms with Gasteiger partial charge in [-0.1, -0.05) is 6.42 Å². The minimum atomic E-state index is -0.643. The molecule has 0 amide bonds. The molecule has 1 fully saturated rings. The van der Waals surface area contributed by atoms with E-state index < -0.39 is 5.97 Å². The lowest BCUT2D eigenvalue weighted by Gasteiger charge is -2.25. The van der Waals surface area contributed by atoms with Crippen LogP contribution in [0.15, 0.2) is 0 Å². The average molecular weight is 172 g/mol. The zero-order valence-corrected chi connectivity index (χ0v) is 7.45. The molecule has 3 nitrogen and oxygen atoms in total. The monoisotopic (exact) mass is 172 g/mol. The van der Waals surface area contributed by atoms with Gasteiger partial charge in [-0.05, 0) is 25.2 Å². The molecule has 1 rings (SSSR count). The normalized spacial score (nSPS) is 30.1. The summed E-state index contributed by atoms with van der Waals surface area (Å²) < 4.78 is 5.02. The second-order valence-corrected chi connectivity index (χ2v) is 3.52. The van der Waals surface area contributed by atoms with Crippen LogP contribution in [0.1, 0.15) is 25.7 Å². The molecule has 0 aromatic rings. The van der Waals surface area contributed by atoms with Gasteiger partial charge in [-0.2, -0.15) is 0 Å². The Morgan fingerprint density at radius 2 is 2.33 bits per heavy atom. The molecule has 1 N–H and O–H groups in total. The molecule has 0 aromatic carbocycles. The van der Waals surface area contributed by atoms with Crippen molar-refractivity contribution in [2.24, 2.45) is 11.8 Å². The van der Waals surface area contributed by atoms with Crippen molar-refractivity contribution < 1.29 is 14.6 Å². The van der Waals surface area contributed by atoms with Crippen LogP contribution in [0.25, 0.3) is 0 Å². The summed E-state index contributed by atoms with van der Waals surface area (Å²) in [6.45, 7) is 0.712. The Balaban J connectivity index is 2.35. The van der Waals surface area contributed by atoms with Crippen LogP contribution in [0.3, 0.4) is 0 Å². The Labute approximate surface area is 72.7 Å². The first-order valence-corrected chi connectivity index (χ1v) is 4.45. The molecule has 2 atom stereocenters. The van der Waals surface area contributed by atoms with E-state index in [1.54, 1.807) is 7.11 Å². The zero-order chi connectivity index (χ0) is 8.97. The zero-order valence-electron chi connectivity index (χ0n) is 7.45.